The number of ether oxygens (including phenoxy) is 1. The molecule has 0 bridgehead atoms. The van der Waals surface area contributed by atoms with Gasteiger partial charge in [-0.05, 0) is 25.7 Å². The van der Waals surface area contributed by atoms with Crippen molar-refractivity contribution in [2.75, 3.05) is 25.9 Å². The maximum atomic E-state index is 12.4. The Kier molecular flexibility index (Phi) is 3.18. The molecule has 1 atom stereocenters. The molecule has 6 heteroatoms. The summed E-state index contributed by atoms with van der Waals surface area (Å²) in [6.07, 6.45) is 4.36. The van der Waals surface area contributed by atoms with E-state index in [0.29, 0.717) is 23.8 Å². The first-order chi connectivity index (χ1) is 9.20. The lowest BCUT2D eigenvalue weighted by Crippen LogP contribution is -2.43. The number of aromatic amines is 1. The summed E-state index contributed by atoms with van der Waals surface area (Å²) in [6.45, 7) is 1.38. The van der Waals surface area contributed by atoms with Gasteiger partial charge in [0.25, 0.3) is 5.91 Å². The Bertz CT molecular complexity index is 481. The van der Waals surface area contributed by atoms with Crippen molar-refractivity contribution in [3.05, 3.63) is 11.4 Å². The van der Waals surface area contributed by atoms with Crippen LogP contribution in [0, 0.1) is 0 Å². The van der Waals surface area contributed by atoms with E-state index >= 15 is 0 Å². The maximum absolute atomic E-state index is 12.4. The number of piperidine rings is 1. The summed E-state index contributed by atoms with van der Waals surface area (Å²) in [4.78, 5) is 14.2. The zero-order valence-electron chi connectivity index (χ0n) is 11.2. The Morgan fingerprint density at radius 1 is 1.47 bits per heavy atom. The molecule has 6 nitrogen and oxygen atoms in total. The number of hydrogen-bond acceptors (Lipinski definition) is 4. The van der Waals surface area contributed by atoms with E-state index in [1.165, 1.54) is 0 Å². The van der Waals surface area contributed by atoms with Crippen LogP contribution in [0.25, 0.3) is 0 Å². The Labute approximate surface area is 112 Å². The molecule has 2 fully saturated rings. The number of nitrogens with two attached hydrogens (primary N) is 1. The fourth-order valence-corrected chi connectivity index (χ4v) is 2.68. The summed E-state index contributed by atoms with van der Waals surface area (Å²) in [7, 11) is 1.69. The summed E-state index contributed by atoms with van der Waals surface area (Å²) < 4.78 is 5.34. The first-order valence-electron chi connectivity index (χ1n) is 6.86. The lowest BCUT2D eigenvalue weighted by Gasteiger charge is -2.31. The van der Waals surface area contributed by atoms with Crippen molar-refractivity contribution in [2.45, 2.75) is 37.7 Å². The first-order valence-corrected chi connectivity index (χ1v) is 6.86. The number of nitrogens with one attached hydrogen (secondary N) is 1. The Morgan fingerprint density at radius 2 is 2.26 bits per heavy atom. The highest BCUT2D eigenvalue weighted by Gasteiger charge is 2.32. The van der Waals surface area contributed by atoms with Crippen LogP contribution in [0.1, 0.15) is 47.8 Å². The number of carbonyl (C=O) groups excluding carboxylic acids is 1. The number of amides is 1. The van der Waals surface area contributed by atoms with Gasteiger partial charge >= 0.3 is 0 Å². The van der Waals surface area contributed by atoms with Crippen LogP contribution in [0.15, 0.2) is 0 Å². The molecule has 1 amide bonds. The molecule has 2 aliphatic rings. The molecule has 1 unspecified atom stereocenters. The fraction of sp³-hybridized carbons (Fsp3) is 0.692. The van der Waals surface area contributed by atoms with Crippen molar-refractivity contribution in [3.63, 3.8) is 0 Å². The lowest BCUT2D eigenvalue weighted by atomic mass is 10.1. The fourth-order valence-electron chi connectivity index (χ4n) is 2.68. The van der Waals surface area contributed by atoms with Crippen molar-refractivity contribution < 1.29 is 9.53 Å². The van der Waals surface area contributed by atoms with E-state index in [9.17, 15) is 4.79 Å². The number of nitrogen functional groups attached to an aromatic ring is 1. The summed E-state index contributed by atoms with van der Waals surface area (Å²) in [5.74, 6) is 0.393. The van der Waals surface area contributed by atoms with Gasteiger partial charge in [0.2, 0.25) is 0 Å². The van der Waals surface area contributed by atoms with Gasteiger partial charge in [0.05, 0.1) is 17.5 Å². The number of aromatic nitrogens is 2. The summed E-state index contributed by atoms with van der Waals surface area (Å²) in [5, 5.41) is 7.05. The SMILES string of the molecule is COC1CCCN(C(=O)c2n[nH]c(C3CC3)c2N)C1. The highest BCUT2D eigenvalue weighted by molar-refractivity contribution is 5.97. The molecule has 1 aliphatic carbocycles. The monoisotopic (exact) mass is 264 g/mol. The van der Waals surface area contributed by atoms with E-state index < -0.39 is 0 Å². The van der Waals surface area contributed by atoms with Crippen LogP contribution in [-0.2, 0) is 4.74 Å². The van der Waals surface area contributed by atoms with Crippen molar-refractivity contribution in [2.24, 2.45) is 0 Å². The zero-order valence-corrected chi connectivity index (χ0v) is 11.2. The smallest absolute Gasteiger partial charge is 0.276 e. The number of rotatable bonds is 3. The molecule has 0 aromatic carbocycles. The van der Waals surface area contributed by atoms with Gasteiger partial charge in [0.1, 0.15) is 0 Å². The third-order valence-electron chi connectivity index (χ3n) is 4.02. The predicted molar refractivity (Wildman–Crippen MR) is 70.9 cm³/mol. The van der Waals surface area contributed by atoms with Crippen LogP contribution in [-0.4, -0.2) is 47.3 Å². The molecule has 19 heavy (non-hydrogen) atoms. The zero-order chi connectivity index (χ0) is 13.4. The first kappa shape index (κ1) is 12.5. The van der Waals surface area contributed by atoms with E-state index in [0.717, 1.165) is 37.9 Å². The molecule has 0 spiro atoms. The van der Waals surface area contributed by atoms with E-state index in [1.807, 2.05) is 0 Å². The lowest BCUT2D eigenvalue weighted by molar-refractivity contribution is 0.0266. The molecule has 1 saturated heterocycles. The Morgan fingerprint density at radius 3 is 2.95 bits per heavy atom. The van der Waals surface area contributed by atoms with E-state index in [4.69, 9.17) is 10.5 Å². The third kappa shape index (κ3) is 2.32. The number of nitrogens with zero attached hydrogens (tertiary/aromatic N) is 2. The molecule has 104 valence electrons. The van der Waals surface area contributed by atoms with E-state index in [1.54, 1.807) is 12.0 Å². The van der Waals surface area contributed by atoms with Gasteiger partial charge in [-0.25, -0.2) is 0 Å². The molecule has 0 radical (unpaired) electrons. The molecule has 1 aromatic rings. The van der Waals surface area contributed by atoms with Crippen molar-refractivity contribution in [1.29, 1.82) is 0 Å². The van der Waals surface area contributed by atoms with Crippen LogP contribution in [0.2, 0.25) is 0 Å². The Balaban J connectivity index is 1.75. The highest BCUT2D eigenvalue weighted by atomic mass is 16.5. The standard InChI is InChI=1S/C13H20N4O2/c1-19-9-3-2-6-17(7-9)13(18)12-10(14)11(15-16-12)8-4-5-8/h8-9H,2-7,14H2,1H3,(H,15,16). The second-order valence-electron chi connectivity index (χ2n) is 5.42. The largest absolute Gasteiger partial charge is 0.395 e. The van der Waals surface area contributed by atoms with Crippen LogP contribution in [0.5, 0.6) is 0 Å². The number of H-pyrrole nitrogens is 1. The van der Waals surface area contributed by atoms with Crippen molar-refractivity contribution in [1.82, 2.24) is 15.1 Å². The number of carbonyl (C=O) groups is 1. The van der Waals surface area contributed by atoms with Crippen molar-refractivity contribution >= 4 is 11.6 Å². The molecule has 3 rings (SSSR count). The van der Waals surface area contributed by atoms with Crippen molar-refractivity contribution in [3.8, 4) is 0 Å². The third-order valence-corrected chi connectivity index (χ3v) is 4.02. The van der Waals surface area contributed by atoms with Gasteiger partial charge in [-0.2, -0.15) is 5.10 Å². The second kappa shape index (κ2) is 4.85. The van der Waals surface area contributed by atoms with Gasteiger partial charge in [0, 0.05) is 26.1 Å². The molecule has 3 N–H and O–H groups in total. The van der Waals surface area contributed by atoms with Crippen LogP contribution in [0.4, 0.5) is 5.69 Å². The highest BCUT2D eigenvalue weighted by Crippen LogP contribution is 2.42. The Hall–Kier alpha value is -1.56. The predicted octanol–water partition coefficient (Wildman–Crippen LogP) is 1.12. The maximum Gasteiger partial charge on any atom is 0.276 e. The van der Waals surface area contributed by atoms with Crippen LogP contribution < -0.4 is 5.73 Å². The molecule has 1 aliphatic heterocycles. The van der Waals surface area contributed by atoms with Gasteiger partial charge in [0.15, 0.2) is 5.69 Å². The van der Waals surface area contributed by atoms with Gasteiger partial charge in [-0.15, -0.1) is 0 Å². The quantitative estimate of drug-likeness (QED) is 0.856. The normalized spacial score (nSPS) is 23.6. The van der Waals surface area contributed by atoms with Gasteiger partial charge in [-0.3, -0.25) is 9.89 Å². The van der Waals surface area contributed by atoms with Gasteiger partial charge in [-0.1, -0.05) is 0 Å². The molecule has 1 aromatic heterocycles. The second-order valence-corrected chi connectivity index (χ2v) is 5.42. The van der Waals surface area contributed by atoms with Crippen LogP contribution >= 0.6 is 0 Å². The number of methoxy groups -OCH3 is 1. The van der Waals surface area contributed by atoms with Crippen LogP contribution in [0.3, 0.4) is 0 Å². The van der Waals surface area contributed by atoms with E-state index in [2.05, 4.69) is 10.2 Å². The molecular weight excluding hydrogens is 244 g/mol. The number of hydrogen-bond donors (Lipinski definition) is 2. The number of likely N-dealkylation sites (tertiary alicyclic amines) is 1. The summed E-state index contributed by atoms with van der Waals surface area (Å²) >= 11 is 0. The molecule has 1 saturated carbocycles. The average Bonchev–Trinajstić information content (AvgIpc) is 3.21. The summed E-state index contributed by atoms with van der Waals surface area (Å²) in [6, 6.07) is 0. The minimum Gasteiger partial charge on any atom is -0.395 e. The average molecular weight is 264 g/mol. The van der Waals surface area contributed by atoms with E-state index in [-0.39, 0.29) is 12.0 Å². The van der Waals surface area contributed by atoms with Gasteiger partial charge < -0.3 is 15.4 Å². The molecule has 2 heterocycles. The molecular formula is C13H20N4O2. The minimum atomic E-state index is -0.0811. The minimum absolute atomic E-state index is 0.0811. The topological polar surface area (TPSA) is 84.2 Å². The number of anilines is 1. The summed E-state index contributed by atoms with van der Waals surface area (Å²) in [5.41, 5.74) is 7.89.